The van der Waals surface area contributed by atoms with Crippen LogP contribution in [0, 0.1) is 6.92 Å². The Morgan fingerprint density at radius 3 is 2.75 bits per heavy atom. The van der Waals surface area contributed by atoms with Gasteiger partial charge in [-0.25, -0.2) is 4.79 Å². The second-order valence-corrected chi connectivity index (χ2v) is 5.29. The maximum absolute atomic E-state index is 12.2. The van der Waals surface area contributed by atoms with Crippen LogP contribution < -0.4 is 14.8 Å². The number of aryl methyl sites for hydroxylation is 1. The number of hydrogen-bond acceptors (Lipinski definition) is 6. The number of pyridine rings is 1. The number of aromatic nitrogens is 1. The summed E-state index contributed by atoms with van der Waals surface area (Å²) in [6, 6.07) is 8.34. The van der Waals surface area contributed by atoms with Crippen LogP contribution in [0.15, 0.2) is 36.5 Å². The van der Waals surface area contributed by atoms with E-state index >= 15 is 0 Å². The molecule has 1 unspecified atom stereocenters. The van der Waals surface area contributed by atoms with Crippen LogP contribution in [0.4, 0.5) is 5.69 Å². The van der Waals surface area contributed by atoms with E-state index in [0.717, 1.165) is 5.69 Å². The minimum Gasteiger partial charge on any atom is -0.454 e. The number of carbonyl (C=O) groups is 2. The number of anilines is 1. The smallest absolute Gasteiger partial charge is 0.340 e. The second kappa shape index (κ2) is 6.57. The van der Waals surface area contributed by atoms with E-state index in [1.54, 1.807) is 30.3 Å². The molecule has 3 rings (SSSR count). The lowest BCUT2D eigenvalue weighted by Crippen LogP contribution is -2.30. The predicted molar refractivity (Wildman–Crippen MR) is 85.0 cm³/mol. The molecule has 7 nitrogen and oxygen atoms in total. The van der Waals surface area contributed by atoms with Gasteiger partial charge in [0.2, 0.25) is 6.79 Å². The Hall–Kier alpha value is -3.09. The topological polar surface area (TPSA) is 86.8 Å². The Labute approximate surface area is 138 Å². The van der Waals surface area contributed by atoms with Gasteiger partial charge in [-0.2, -0.15) is 0 Å². The average molecular weight is 328 g/mol. The molecule has 1 aliphatic heterocycles. The molecule has 1 aromatic heterocycles. The van der Waals surface area contributed by atoms with Gasteiger partial charge in [0, 0.05) is 23.6 Å². The third-order valence-electron chi connectivity index (χ3n) is 3.44. The average Bonchev–Trinajstić information content (AvgIpc) is 3.03. The van der Waals surface area contributed by atoms with Crippen molar-refractivity contribution in [1.29, 1.82) is 0 Å². The van der Waals surface area contributed by atoms with Gasteiger partial charge in [-0.05, 0) is 38.1 Å². The number of esters is 1. The predicted octanol–water partition coefficient (Wildman–Crippen LogP) is 2.30. The molecular formula is C17H16N2O5. The molecule has 0 fully saturated rings. The Balaban J connectivity index is 1.60. The number of benzene rings is 1. The number of rotatable bonds is 4. The van der Waals surface area contributed by atoms with E-state index in [1.165, 1.54) is 13.1 Å². The number of fused-ring (bicyclic) bond motifs is 1. The van der Waals surface area contributed by atoms with Gasteiger partial charge in [0.1, 0.15) is 0 Å². The standard InChI is InChI=1S/C17H16N2O5/c1-10-3-4-12(8-18-10)17(21)24-11(2)16(20)19-13-5-6-14-15(7-13)23-9-22-14/h3-8,11H,9H2,1-2H3,(H,19,20). The van der Waals surface area contributed by atoms with Crippen LogP contribution >= 0.6 is 0 Å². The molecule has 124 valence electrons. The summed E-state index contributed by atoms with van der Waals surface area (Å²) in [5.41, 5.74) is 1.62. The van der Waals surface area contributed by atoms with Gasteiger partial charge in [0.25, 0.3) is 5.91 Å². The third kappa shape index (κ3) is 3.45. The van der Waals surface area contributed by atoms with E-state index in [1.807, 2.05) is 6.92 Å². The first-order chi connectivity index (χ1) is 11.5. The molecule has 0 saturated heterocycles. The molecular weight excluding hydrogens is 312 g/mol. The fraction of sp³-hybridized carbons (Fsp3) is 0.235. The SMILES string of the molecule is Cc1ccc(C(=O)OC(C)C(=O)Nc2ccc3c(c2)OCO3)cn1. The molecule has 1 N–H and O–H groups in total. The van der Waals surface area contributed by atoms with Gasteiger partial charge in [-0.1, -0.05) is 0 Å². The van der Waals surface area contributed by atoms with Crippen molar-refractivity contribution in [3.05, 3.63) is 47.8 Å². The maximum atomic E-state index is 12.2. The summed E-state index contributed by atoms with van der Waals surface area (Å²) in [5, 5.41) is 2.67. The lowest BCUT2D eigenvalue weighted by atomic mass is 10.2. The fourth-order valence-corrected chi connectivity index (χ4v) is 2.09. The van der Waals surface area contributed by atoms with E-state index < -0.39 is 18.0 Å². The Morgan fingerprint density at radius 2 is 2.00 bits per heavy atom. The second-order valence-electron chi connectivity index (χ2n) is 5.29. The van der Waals surface area contributed by atoms with Crippen molar-refractivity contribution in [3.8, 4) is 11.5 Å². The molecule has 0 aliphatic carbocycles. The van der Waals surface area contributed by atoms with E-state index in [-0.39, 0.29) is 6.79 Å². The van der Waals surface area contributed by atoms with Crippen LogP contribution in [0.2, 0.25) is 0 Å². The molecule has 0 bridgehead atoms. The zero-order valence-corrected chi connectivity index (χ0v) is 13.2. The highest BCUT2D eigenvalue weighted by Crippen LogP contribution is 2.34. The van der Waals surface area contributed by atoms with Crippen molar-refractivity contribution < 1.29 is 23.8 Å². The van der Waals surface area contributed by atoms with Crippen molar-refractivity contribution >= 4 is 17.6 Å². The van der Waals surface area contributed by atoms with E-state index in [2.05, 4.69) is 10.3 Å². The number of nitrogens with zero attached hydrogens (tertiary/aromatic N) is 1. The zero-order chi connectivity index (χ0) is 17.1. The number of hydrogen-bond donors (Lipinski definition) is 1. The lowest BCUT2D eigenvalue weighted by molar-refractivity contribution is -0.123. The highest BCUT2D eigenvalue weighted by atomic mass is 16.7. The van der Waals surface area contributed by atoms with Gasteiger partial charge in [-0.3, -0.25) is 9.78 Å². The first-order valence-electron chi connectivity index (χ1n) is 7.37. The first kappa shape index (κ1) is 15.8. The third-order valence-corrected chi connectivity index (χ3v) is 3.44. The Bertz CT molecular complexity index is 773. The van der Waals surface area contributed by atoms with Crippen molar-refractivity contribution in [2.75, 3.05) is 12.1 Å². The van der Waals surface area contributed by atoms with Crippen LogP contribution in [-0.4, -0.2) is 29.8 Å². The van der Waals surface area contributed by atoms with Crippen molar-refractivity contribution in [1.82, 2.24) is 4.98 Å². The van der Waals surface area contributed by atoms with Crippen LogP contribution in [0.25, 0.3) is 0 Å². The normalized spacial score (nSPS) is 13.2. The van der Waals surface area contributed by atoms with Gasteiger partial charge in [0.15, 0.2) is 17.6 Å². The number of ether oxygens (including phenoxy) is 3. The summed E-state index contributed by atoms with van der Waals surface area (Å²) in [5.74, 6) is 0.139. The molecule has 1 aliphatic rings. The van der Waals surface area contributed by atoms with E-state index in [4.69, 9.17) is 14.2 Å². The molecule has 1 amide bonds. The molecule has 0 radical (unpaired) electrons. The molecule has 1 atom stereocenters. The minimum atomic E-state index is -0.954. The Morgan fingerprint density at radius 1 is 1.21 bits per heavy atom. The fourth-order valence-electron chi connectivity index (χ4n) is 2.09. The molecule has 2 aromatic rings. The first-order valence-corrected chi connectivity index (χ1v) is 7.37. The Kier molecular flexibility index (Phi) is 4.33. The van der Waals surface area contributed by atoms with Crippen LogP contribution in [0.5, 0.6) is 11.5 Å². The number of carbonyl (C=O) groups excluding carboxylic acids is 2. The van der Waals surface area contributed by atoms with Crippen molar-refractivity contribution in [2.45, 2.75) is 20.0 Å². The van der Waals surface area contributed by atoms with Gasteiger partial charge >= 0.3 is 5.97 Å². The summed E-state index contributed by atoms with van der Waals surface area (Å²) in [7, 11) is 0. The van der Waals surface area contributed by atoms with Crippen LogP contribution in [0.1, 0.15) is 23.0 Å². The number of nitrogens with one attached hydrogen (secondary N) is 1. The highest BCUT2D eigenvalue weighted by molar-refractivity contribution is 5.97. The molecule has 2 heterocycles. The summed E-state index contributed by atoms with van der Waals surface area (Å²) in [6.45, 7) is 3.48. The monoisotopic (exact) mass is 328 g/mol. The maximum Gasteiger partial charge on any atom is 0.340 e. The quantitative estimate of drug-likeness (QED) is 0.867. The molecule has 7 heteroatoms. The molecule has 1 aromatic carbocycles. The molecule has 24 heavy (non-hydrogen) atoms. The van der Waals surface area contributed by atoms with Crippen LogP contribution in [-0.2, 0) is 9.53 Å². The van der Waals surface area contributed by atoms with Crippen LogP contribution in [0.3, 0.4) is 0 Å². The van der Waals surface area contributed by atoms with E-state index in [9.17, 15) is 9.59 Å². The van der Waals surface area contributed by atoms with Crippen molar-refractivity contribution in [3.63, 3.8) is 0 Å². The number of amides is 1. The van der Waals surface area contributed by atoms with Crippen molar-refractivity contribution in [2.24, 2.45) is 0 Å². The summed E-state index contributed by atoms with van der Waals surface area (Å²) in [4.78, 5) is 28.2. The largest absolute Gasteiger partial charge is 0.454 e. The van der Waals surface area contributed by atoms with Gasteiger partial charge in [0.05, 0.1) is 5.56 Å². The zero-order valence-electron chi connectivity index (χ0n) is 13.2. The summed E-state index contributed by atoms with van der Waals surface area (Å²) in [6.07, 6.45) is 0.462. The molecule has 0 spiro atoms. The minimum absolute atomic E-state index is 0.158. The lowest BCUT2D eigenvalue weighted by Gasteiger charge is -2.13. The van der Waals surface area contributed by atoms with Gasteiger partial charge in [-0.15, -0.1) is 0 Å². The highest BCUT2D eigenvalue weighted by Gasteiger charge is 2.20. The van der Waals surface area contributed by atoms with Gasteiger partial charge < -0.3 is 19.5 Å². The van der Waals surface area contributed by atoms with E-state index in [0.29, 0.717) is 22.7 Å². The molecule has 0 saturated carbocycles. The summed E-state index contributed by atoms with van der Waals surface area (Å²) >= 11 is 0. The summed E-state index contributed by atoms with van der Waals surface area (Å²) < 4.78 is 15.6.